The highest BCUT2D eigenvalue weighted by molar-refractivity contribution is 7.15. The standard InChI is InChI=1S/C20H20N4O2S2/c1-13-18(27-12-23-13)19(25)24-7-3-20(4-8-24)14-10-17(15-11-21-5-6-22-15)28-16(14)2-9-26-20/h5-6,10-12H,2-4,7-9H2,1H3. The first-order chi connectivity index (χ1) is 13.7. The summed E-state index contributed by atoms with van der Waals surface area (Å²) >= 11 is 3.22. The van der Waals surface area contributed by atoms with Crippen molar-refractivity contribution in [2.75, 3.05) is 19.7 Å². The van der Waals surface area contributed by atoms with E-state index in [1.54, 1.807) is 29.2 Å². The molecule has 5 rings (SSSR count). The van der Waals surface area contributed by atoms with E-state index >= 15 is 0 Å². The highest BCUT2D eigenvalue weighted by Gasteiger charge is 2.43. The monoisotopic (exact) mass is 412 g/mol. The molecule has 0 bridgehead atoms. The van der Waals surface area contributed by atoms with Crippen LogP contribution in [-0.2, 0) is 16.8 Å². The van der Waals surface area contributed by atoms with Gasteiger partial charge in [0.1, 0.15) is 4.88 Å². The van der Waals surface area contributed by atoms with Gasteiger partial charge < -0.3 is 9.64 Å². The van der Waals surface area contributed by atoms with Gasteiger partial charge in [-0.05, 0) is 31.4 Å². The molecule has 5 heterocycles. The molecule has 2 aliphatic rings. The lowest BCUT2D eigenvalue weighted by Gasteiger charge is -2.44. The average molecular weight is 413 g/mol. The number of carbonyl (C=O) groups excluding carboxylic acids is 1. The summed E-state index contributed by atoms with van der Waals surface area (Å²) < 4.78 is 6.35. The van der Waals surface area contributed by atoms with Crippen molar-refractivity contribution in [3.63, 3.8) is 0 Å². The van der Waals surface area contributed by atoms with Crippen LogP contribution < -0.4 is 0 Å². The maximum Gasteiger partial charge on any atom is 0.265 e. The van der Waals surface area contributed by atoms with Crippen LogP contribution in [0.4, 0.5) is 0 Å². The van der Waals surface area contributed by atoms with Crippen molar-refractivity contribution in [1.29, 1.82) is 0 Å². The van der Waals surface area contributed by atoms with E-state index in [1.165, 1.54) is 21.8 Å². The van der Waals surface area contributed by atoms with E-state index in [1.807, 2.05) is 18.0 Å². The molecule has 1 saturated heterocycles. The number of piperidine rings is 1. The molecule has 1 spiro atoms. The Morgan fingerprint density at radius 2 is 2.11 bits per heavy atom. The van der Waals surface area contributed by atoms with Crippen molar-refractivity contribution < 1.29 is 9.53 Å². The number of aromatic nitrogens is 3. The molecule has 0 atom stereocenters. The summed E-state index contributed by atoms with van der Waals surface area (Å²) in [6.45, 7) is 4.03. The number of thiophene rings is 1. The predicted octanol–water partition coefficient (Wildman–Crippen LogP) is 3.67. The Hall–Kier alpha value is -2.16. The fourth-order valence-corrected chi connectivity index (χ4v) is 6.07. The molecule has 6 nitrogen and oxygen atoms in total. The molecule has 8 heteroatoms. The third-order valence-corrected chi connectivity index (χ3v) is 7.75. The third kappa shape index (κ3) is 2.96. The van der Waals surface area contributed by atoms with Crippen LogP contribution in [0.25, 0.3) is 10.6 Å². The molecule has 0 aromatic carbocycles. The summed E-state index contributed by atoms with van der Waals surface area (Å²) in [4.78, 5) is 30.9. The Morgan fingerprint density at radius 3 is 2.82 bits per heavy atom. The lowest BCUT2D eigenvalue weighted by molar-refractivity contribution is -0.0926. The van der Waals surface area contributed by atoms with Gasteiger partial charge in [0.2, 0.25) is 0 Å². The maximum atomic E-state index is 12.8. The van der Waals surface area contributed by atoms with E-state index in [4.69, 9.17) is 4.74 Å². The fraction of sp³-hybridized carbons (Fsp3) is 0.400. The second kappa shape index (κ2) is 7.02. The summed E-state index contributed by atoms with van der Waals surface area (Å²) in [6, 6.07) is 2.23. The number of hydrogen-bond acceptors (Lipinski definition) is 7. The number of ether oxygens (including phenoxy) is 1. The van der Waals surface area contributed by atoms with Crippen molar-refractivity contribution in [2.45, 2.75) is 31.8 Å². The van der Waals surface area contributed by atoms with Gasteiger partial charge in [-0.25, -0.2) is 4.98 Å². The van der Waals surface area contributed by atoms with E-state index in [0.717, 1.165) is 47.0 Å². The van der Waals surface area contributed by atoms with E-state index in [0.29, 0.717) is 13.1 Å². The topological polar surface area (TPSA) is 68.2 Å². The molecule has 3 aromatic heterocycles. The average Bonchev–Trinajstić information content (AvgIpc) is 3.36. The molecule has 0 unspecified atom stereocenters. The van der Waals surface area contributed by atoms with Gasteiger partial charge in [0.25, 0.3) is 5.91 Å². The van der Waals surface area contributed by atoms with Crippen LogP contribution in [-0.4, -0.2) is 45.5 Å². The molecule has 144 valence electrons. The number of hydrogen-bond donors (Lipinski definition) is 0. The highest BCUT2D eigenvalue weighted by atomic mass is 32.1. The molecule has 0 saturated carbocycles. The zero-order valence-electron chi connectivity index (χ0n) is 15.6. The van der Waals surface area contributed by atoms with Crippen LogP contribution in [0.3, 0.4) is 0 Å². The van der Waals surface area contributed by atoms with Crippen LogP contribution in [0.15, 0.2) is 30.2 Å². The second-order valence-corrected chi connectivity index (χ2v) is 9.18. The lowest BCUT2D eigenvalue weighted by Crippen LogP contribution is -2.48. The second-order valence-electron chi connectivity index (χ2n) is 7.19. The zero-order valence-corrected chi connectivity index (χ0v) is 17.2. The summed E-state index contributed by atoms with van der Waals surface area (Å²) in [7, 11) is 0. The minimum atomic E-state index is -0.288. The van der Waals surface area contributed by atoms with Gasteiger partial charge in [-0.1, -0.05) is 0 Å². The largest absolute Gasteiger partial charge is 0.370 e. The van der Waals surface area contributed by atoms with E-state index in [2.05, 4.69) is 21.0 Å². The fourth-order valence-electron chi connectivity index (χ4n) is 4.10. The quantitative estimate of drug-likeness (QED) is 0.642. The van der Waals surface area contributed by atoms with Crippen LogP contribution in [0.5, 0.6) is 0 Å². The maximum absolute atomic E-state index is 12.8. The predicted molar refractivity (Wildman–Crippen MR) is 109 cm³/mol. The molecule has 0 radical (unpaired) electrons. The Bertz CT molecular complexity index is 1010. The number of amides is 1. The summed E-state index contributed by atoms with van der Waals surface area (Å²) in [5.74, 6) is 0.0939. The van der Waals surface area contributed by atoms with Crippen LogP contribution in [0, 0.1) is 6.92 Å². The molecule has 2 aliphatic heterocycles. The van der Waals surface area contributed by atoms with Gasteiger partial charge in [0.15, 0.2) is 0 Å². The minimum absolute atomic E-state index is 0.0939. The molecule has 3 aromatic rings. The molecular formula is C20H20N4O2S2. The number of nitrogens with zero attached hydrogens (tertiary/aromatic N) is 4. The normalized spacial score (nSPS) is 18.2. The number of aryl methyl sites for hydroxylation is 1. The van der Waals surface area contributed by atoms with Crippen molar-refractivity contribution in [1.82, 2.24) is 19.9 Å². The first-order valence-electron chi connectivity index (χ1n) is 9.39. The Morgan fingerprint density at radius 1 is 1.25 bits per heavy atom. The lowest BCUT2D eigenvalue weighted by atomic mass is 9.82. The zero-order chi connectivity index (χ0) is 19.1. The highest BCUT2D eigenvalue weighted by Crippen LogP contribution is 2.46. The Kier molecular flexibility index (Phi) is 4.49. The van der Waals surface area contributed by atoms with Gasteiger partial charge in [0.05, 0.1) is 40.2 Å². The minimum Gasteiger partial charge on any atom is -0.370 e. The van der Waals surface area contributed by atoms with Crippen LogP contribution in [0.1, 0.15) is 38.6 Å². The van der Waals surface area contributed by atoms with Crippen molar-refractivity contribution in [3.8, 4) is 10.6 Å². The SMILES string of the molecule is Cc1ncsc1C(=O)N1CCC2(CC1)OCCc1sc(-c3cnccn3)cc12. The van der Waals surface area contributed by atoms with E-state index in [9.17, 15) is 4.79 Å². The van der Waals surface area contributed by atoms with Gasteiger partial charge >= 0.3 is 0 Å². The van der Waals surface area contributed by atoms with Gasteiger partial charge in [-0.2, -0.15) is 0 Å². The van der Waals surface area contributed by atoms with E-state index < -0.39 is 0 Å². The number of fused-ring (bicyclic) bond motifs is 2. The molecule has 0 aliphatic carbocycles. The van der Waals surface area contributed by atoms with Gasteiger partial charge in [-0.15, -0.1) is 22.7 Å². The van der Waals surface area contributed by atoms with Crippen LogP contribution in [0.2, 0.25) is 0 Å². The number of likely N-dealkylation sites (tertiary alicyclic amines) is 1. The molecular weight excluding hydrogens is 392 g/mol. The van der Waals surface area contributed by atoms with E-state index in [-0.39, 0.29) is 11.5 Å². The Labute approximate surface area is 171 Å². The van der Waals surface area contributed by atoms with Crippen molar-refractivity contribution in [2.24, 2.45) is 0 Å². The smallest absolute Gasteiger partial charge is 0.265 e. The van der Waals surface area contributed by atoms with Crippen LogP contribution >= 0.6 is 22.7 Å². The number of rotatable bonds is 2. The molecule has 0 N–H and O–H groups in total. The number of thiazole rings is 1. The first-order valence-corrected chi connectivity index (χ1v) is 11.1. The van der Waals surface area contributed by atoms with Gasteiger partial charge in [0, 0.05) is 36.8 Å². The molecule has 1 amide bonds. The van der Waals surface area contributed by atoms with Crippen molar-refractivity contribution >= 4 is 28.6 Å². The first kappa shape index (κ1) is 17.9. The summed E-state index contributed by atoms with van der Waals surface area (Å²) in [6.07, 6.45) is 7.81. The Balaban J connectivity index is 1.39. The van der Waals surface area contributed by atoms with Crippen molar-refractivity contribution in [3.05, 3.63) is 51.2 Å². The van der Waals surface area contributed by atoms with Gasteiger partial charge in [-0.3, -0.25) is 14.8 Å². The number of carbonyl (C=O) groups is 1. The summed E-state index contributed by atoms with van der Waals surface area (Å²) in [5.41, 5.74) is 4.46. The summed E-state index contributed by atoms with van der Waals surface area (Å²) in [5, 5.41) is 0. The third-order valence-electron chi connectivity index (χ3n) is 5.62. The molecule has 28 heavy (non-hydrogen) atoms. The molecule has 1 fully saturated rings.